The van der Waals surface area contributed by atoms with E-state index in [0.29, 0.717) is 31.9 Å². The third kappa shape index (κ3) is 5.10. The van der Waals surface area contributed by atoms with Gasteiger partial charge in [-0.05, 0) is 36.4 Å². The molecule has 0 bridgehead atoms. The van der Waals surface area contributed by atoms with Crippen LogP contribution in [0.15, 0.2) is 48.5 Å². The highest BCUT2D eigenvalue weighted by Crippen LogP contribution is 2.17. The van der Waals surface area contributed by atoms with Gasteiger partial charge in [0.2, 0.25) is 11.7 Å². The number of nitrogens with zero attached hydrogens (tertiary/aromatic N) is 2. The molecule has 2 aromatic carbocycles. The first kappa shape index (κ1) is 20.3. The number of halogens is 1. The third-order valence-corrected chi connectivity index (χ3v) is 4.76. The Hall–Kier alpha value is -3.42. The first-order valence-corrected chi connectivity index (χ1v) is 9.23. The Morgan fingerprint density at radius 3 is 2.38 bits per heavy atom. The molecule has 2 aromatic rings. The van der Waals surface area contributed by atoms with E-state index >= 15 is 0 Å². The molecule has 2 amide bonds. The monoisotopic (exact) mass is 399 g/mol. The van der Waals surface area contributed by atoms with Crippen molar-refractivity contribution in [3.63, 3.8) is 0 Å². The summed E-state index contributed by atoms with van der Waals surface area (Å²) in [7, 11) is 1.47. The van der Waals surface area contributed by atoms with Gasteiger partial charge in [0.25, 0.3) is 5.91 Å². The molecular formula is C21H22FN3O4. The zero-order valence-electron chi connectivity index (χ0n) is 16.1. The van der Waals surface area contributed by atoms with E-state index in [-0.39, 0.29) is 23.8 Å². The number of methoxy groups -OCH3 is 1. The van der Waals surface area contributed by atoms with Crippen molar-refractivity contribution in [2.45, 2.75) is 0 Å². The lowest BCUT2D eigenvalue weighted by molar-refractivity contribution is -0.132. The summed E-state index contributed by atoms with van der Waals surface area (Å²) in [5, 5.41) is 2.39. The summed E-state index contributed by atoms with van der Waals surface area (Å²) in [5.41, 5.74) is 1.10. The molecule has 1 aliphatic rings. The van der Waals surface area contributed by atoms with Crippen molar-refractivity contribution in [1.82, 2.24) is 10.2 Å². The van der Waals surface area contributed by atoms with Gasteiger partial charge in [0.15, 0.2) is 0 Å². The molecule has 8 heteroatoms. The van der Waals surface area contributed by atoms with Crippen molar-refractivity contribution in [2.24, 2.45) is 0 Å². The van der Waals surface area contributed by atoms with E-state index in [2.05, 4.69) is 10.2 Å². The van der Waals surface area contributed by atoms with Gasteiger partial charge in [-0.2, -0.15) is 0 Å². The average molecular weight is 399 g/mol. The van der Waals surface area contributed by atoms with Crippen molar-refractivity contribution in [2.75, 3.05) is 44.7 Å². The van der Waals surface area contributed by atoms with E-state index in [4.69, 9.17) is 4.74 Å². The summed E-state index contributed by atoms with van der Waals surface area (Å²) < 4.78 is 18.1. The number of amides is 2. The van der Waals surface area contributed by atoms with Gasteiger partial charge in [0.05, 0.1) is 13.7 Å². The van der Waals surface area contributed by atoms with E-state index < -0.39 is 11.7 Å². The standard InChI is InChI=1S/C21H22FN3O4/c1-29-18-4-2-3-15(13-18)20(27)21(28)23-14-19(26)25-11-9-24(10-12-25)17-7-5-16(22)6-8-17/h2-8,13H,9-12,14H2,1H3,(H,23,28). The van der Waals surface area contributed by atoms with Gasteiger partial charge >= 0.3 is 0 Å². The van der Waals surface area contributed by atoms with E-state index in [1.807, 2.05) is 0 Å². The van der Waals surface area contributed by atoms with Crippen LogP contribution < -0.4 is 15.0 Å². The lowest BCUT2D eigenvalue weighted by atomic mass is 10.1. The summed E-state index contributed by atoms with van der Waals surface area (Å²) in [6.45, 7) is 1.93. The van der Waals surface area contributed by atoms with Gasteiger partial charge in [-0.3, -0.25) is 14.4 Å². The van der Waals surface area contributed by atoms with Crippen molar-refractivity contribution in [3.05, 3.63) is 59.9 Å². The zero-order chi connectivity index (χ0) is 20.8. The molecule has 0 saturated carbocycles. The number of hydrogen-bond donors (Lipinski definition) is 1. The Kier molecular flexibility index (Phi) is 6.43. The van der Waals surface area contributed by atoms with Crippen molar-refractivity contribution >= 4 is 23.3 Å². The molecule has 0 aliphatic carbocycles. The lowest BCUT2D eigenvalue weighted by Crippen LogP contribution is -2.51. The summed E-state index contributed by atoms with van der Waals surface area (Å²) in [5.74, 6) is -1.63. The topological polar surface area (TPSA) is 78.9 Å². The van der Waals surface area contributed by atoms with Gasteiger partial charge in [-0.1, -0.05) is 12.1 Å². The van der Waals surface area contributed by atoms with Crippen LogP contribution in [-0.4, -0.2) is 62.3 Å². The molecule has 0 radical (unpaired) electrons. The Morgan fingerprint density at radius 1 is 1.03 bits per heavy atom. The fourth-order valence-electron chi connectivity index (χ4n) is 3.11. The summed E-state index contributed by atoms with van der Waals surface area (Å²) >= 11 is 0. The van der Waals surface area contributed by atoms with Crippen LogP contribution in [-0.2, 0) is 9.59 Å². The normalized spacial score (nSPS) is 13.7. The number of nitrogens with one attached hydrogen (secondary N) is 1. The molecule has 152 valence electrons. The van der Waals surface area contributed by atoms with E-state index in [0.717, 1.165) is 5.69 Å². The maximum absolute atomic E-state index is 13.0. The van der Waals surface area contributed by atoms with Crippen LogP contribution in [0.4, 0.5) is 10.1 Å². The van der Waals surface area contributed by atoms with Gasteiger partial charge in [-0.15, -0.1) is 0 Å². The fraction of sp³-hybridized carbons (Fsp3) is 0.286. The quantitative estimate of drug-likeness (QED) is 0.588. The summed E-state index contributed by atoms with van der Waals surface area (Å²) in [6.07, 6.45) is 0. The second-order valence-corrected chi connectivity index (χ2v) is 6.59. The van der Waals surface area contributed by atoms with Crippen LogP contribution in [0.1, 0.15) is 10.4 Å². The number of ether oxygens (including phenoxy) is 1. The summed E-state index contributed by atoms with van der Waals surface area (Å²) in [4.78, 5) is 40.3. The highest BCUT2D eigenvalue weighted by Gasteiger charge is 2.23. The molecule has 0 spiro atoms. The number of Topliss-reactive ketones (excluding diaryl/α,β-unsaturated/α-hetero) is 1. The fourth-order valence-corrected chi connectivity index (χ4v) is 3.11. The van der Waals surface area contributed by atoms with E-state index in [9.17, 15) is 18.8 Å². The molecule has 29 heavy (non-hydrogen) atoms. The minimum atomic E-state index is -0.837. The van der Waals surface area contributed by atoms with Gasteiger partial charge in [-0.25, -0.2) is 4.39 Å². The number of ketones is 1. The van der Waals surface area contributed by atoms with Crippen LogP contribution >= 0.6 is 0 Å². The van der Waals surface area contributed by atoms with Crippen LogP contribution in [0.3, 0.4) is 0 Å². The third-order valence-electron chi connectivity index (χ3n) is 4.76. The van der Waals surface area contributed by atoms with E-state index in [1.165, 1.54) is 31.4 Å². The number of anilines is 1. The molecule has 1 saturated heterocycles. The van der Waals surface area contributed by atoms with Crippen molar-refractivity contribution in [1.29, 1.82) is 0 Å². The highest BCUT2D eigenvalue weighted by molar-refractivity contribution is 6.43. The molecule has 1 heterocycles. The number of carbonyl (C=O) groups excluding carboxylic acids is 3. The first-order chi connectivity index (χ1) is 14.0. The van der Waals surface area contributed by atoms with E-state index in [1.54, 1.807) is 29.2 Å². The Bertz CT molecular complexity index is 893. The van der Waals surface area contributed by atoms with Crippen LogP contribution in [0.25, 0.3) is 0 Å². The molecule has 3 rings (SSSR count). The molecule has 1 aliphatic heterocycles. The number of benzene rings is 2. The van der Waals surface area contributed by atoms with Crippen molar-refractivity contribution in [3.8, 4) is 5.75 Å². The highest BCUT2D eigenvalue weighted by atomic mass is 19.1. The SMILES string of the molecule is COc1cccc(C(=O)C(=O)NCC(=O)N2CCN(c3ccc(F)cc3)CC2)c1. The lowest BCUT2D eigenvalue weighted by Gasteiger charge is -2.36. The molecule has 1 N–H and O–H groups in total. The molecule has 0 aromatic heterocycles. The number of rotatable bonds is 6. The molecule has 0 atom stereocenters. The zero-order valence-corrected chi connectivity index (χ0v) is 16.1. The minimum Gasteiger partial charge on any atom is -0.497 e. The summed E-state index contributed by atoms with van der Waals surface area (Å²) in [6, 6.07) is 12.5. The van der Waals surface area contributed by atoms with Crippen LogP contribution in [0.2, 0.25) is 0 Å². The number of hydrogen-bond acceptors (Lipinski definition) is 5. The van der Waals surface area contributed by atoms with Crippen LogP contribution in [0, 0.1) is 5.82 Å². The Morgan fingerprint density at radius 2 is 1.72 bits per heavy atom. The van der Waals surface area contributed by atoms with Gasteiger partial charge in [0, 0.05) is 37.4 Å². The van der Waals surface area contributed by atoms with Gasteiger partial charge in [0.1, 0.15) is 11.6 Å². The average Bonchev–Trinajstić information content (AvgIpc) is 2.77. The van der Waals surface area contributed by atoms with Crippen LogP contribution in [0.5, 0.6) is 5.75 Å². The second kappa shape index (κ2) is 9.18. The predicted molar refractivity (Wildman–Crippen MR) is 106 cm³/mol. The number of carbonyl (C=O) groups is 3. The predicted octanol–water partition coefficient (Wildman–Crippen LogP) is 1.48. The Labute approximate surface area is 168 Å². The first-order valence-electron chi connectivity index (χ1n) is 9.23. The number of piperazine rings is 1. The van der Waals surface area contributed by atoms with Crippen molar-refractivity contribution < 1.29 is 23.5 Å². The minimum absolute atomic E-state index is 0.196. The molecular weight excluding hydrogens is 377 g/mol. The Balaban J connectivity index is 1.47. The molecule has 1 fully saturated rings. The van der Waals surface area contributed by atoms with Gasteiger partial charge < -0.3 is 19.9 Å². The molecule has 7 nitrogen and oxygen atoms in total. The smallest absolute Gasteiger partial charge is 0.292 e. The molecule has 0 unspecified atom stereocenters. The second-order valence-electron chi connectivity index (χ2n) is 6.59. The largest absolute Gasteiger partial charge is 0.497 e. The maximum Gasteiger partial charge on any atom is 0.292 e. The maximum atomic E-state index is 13.0.